The number of aromatic nitrogens is 8. The maximum absolute atomic E-state index is 13.1. The Labute approximate surface area is 243 Å². The van der Waals surface area contributed by atoms with Gasteiger partial charge in [0, 0.05) is 38.4 Å². The van der Waals surface area contributed by atoms with Crippen LogP contribution >= 0.6 is 15.9 Å². The third-order valence-corrected chi connectivity index (χ3v) is 5.91. The molecule has 0 saturated carbocycles. The van der Waals surface area contributed by atoms with Crippen molar-refractivity contribution in [1.29, 1.82) is 10.5 Å². The summed E-state index contributed by atoms with van der Waals surface area (Å²) in [5, 5.41) is 39.5. The molecular weight excluding hydrogens is 636 g/mol. The summed E-state index contributed by atoms with van der Waals surface area (Å²) in [6, 6.07) is 6.46. The van der Waals surface area contributed by atoms with E-state index in [9.17, 15) is 26.3 Å². The molecule has 220 valence electrons. The highest BCUT2D eigenvalue weighted by atomic mass is 79.9. The number of hydrogen-bond donors (Lipinski definition) is 0. The van der Waals surface area contributed by atoms with Crippen molar-refractivity contribution < 1.29 is 26.3 Å². The Hall–Kier alpha value is -4.42. The predicted molar refractivity (Wildman–Crippen MR) is 138 cm³/mol. The average molecular weight is 656 g/mol. The van der Waals surface area contributed by atoms with Crippen LogP contribution in [0.1, 0.15) is 33.9 Å². The summed E-state index contributed by atoms with van der Waals surface area (Å²) < 4.78 is 80.3. The van der Waals surface area contributed by atoms with Gasteiger partial charge >= 0.3 is 12.4 Å². The van der Waals surface area contributed by atoms with E-state index in [1.54, 1.807) is 25.1 Å². The molecule has 4 rings (SSSR count). The van der Waals surface area contributed by atoms with E-state index in [0.717, 1.165) is 9.36 Å². The molecular formula is C24H20BrF6N11. The summed E-state index contributed by atoms with van der Waals surface area (Å²) in [5.74, 6) is 0. The lowest BCUT2D eigenvalue weighted by atomic mass is 10.1. The van der Waals surface area contributed by atoms with Crippen LogP contribution in [-0.2, 0) is 38.3 Å². The molecule has 0 atom stereocenters. The molecule has 0 fully saturated rings. The molecule has 4 aromatic heterocycles. The summed E-state index contributed by atoms with van der Waals surface area (Å²) in [6.07, 6.45) is -6.71. The van der Waals surface area contributed by atoms with Crippen molar-refractivity contribution in [2.45, 2.75) is 24.2 Å². The van der Waals surface area contributed by atoms with E-state index in [2.05, 4.69) is 46.5 Å². The van der Waals surface area contributed by atoms with Crippen LogP contribution in [0.2, 0.25) is 0 Å². The fourth-order valence-corrected chi connectivity index (χ4v) is 4.16. The second kappa shape index (κ2) is 12.6. The van der Waals surface area contributed by atoms with Crippen molar-refractivity contribution in [3.05, 3.63) is 58.4 Å². The monoisotopic (exact) mass is 655 g/mol. The SMILES string of the molecule is CN(C)Cc1cc(C#N)nnc1-c1cn(C)nc1C(F)(F)F.Cn1cc(-c2nnc(C#N)cc2CBr)c(C(F)(F)F)n1. The Balaban J connectivity index is 0.000000231. The van der Waals surface area contributed by atoms with E-state index in [1.807, 2.05) is 6.07 Å². The molecule has 4 heterocycles. The predicted octanol–water partition coefficient (Wildman–Crippen LogP) is 4.49. The minimum Gasteiger partial charge on any atom is -0.305 e. The molecule has 0 amide bonds. The van der Waals surface area contributed by atoms with Gasteiger partial charge in [0.25, 0.3) is 0 Å². The Morgan fingerprint density at radius 2 is 1.17 bits per heavy atom. The van der Waals surface area contributed by atoms with E-state index in [0.29, 0.717) is 17.7 Å². The lowest BCUT2D eigenvalue weighted by Gasteiger charge is -2.13. The summed E-state index contributed by atoms with van der Waals surface area (Å²) >= 11 is 3.17. The van der Waals surface area contributed by atoms with Crippen LogP contribution in [0.3, 0.4) is 0 Å². The van der Waals surface area contributed by atoms with Crippen LogP contribution in [0.15, 0.2) is 24.5 Å². The lowest BCUT2D eigenvalue weighted by molar-refractivity contribution is -0.141. The highest BCUT2D eigenvalue weighted by molar-refractivity contribution is 9.08. The van der Waals surface area contributed by atoms with Crippen molar-refractivity contribution in [1.82, 2.24) is 44.9 Å². The Kier molecular flexibility index (Phi) is 9.64. The molecule has 42 heavy (non-hydrogen) atoms. The number of hydrogen-bond acceptors (Lipinski definition) is 9. The zero-order valence-electron chi connectivity index (χ0n) is 22.3. The standard InChI is InChI=1S/C13H13F3N6.C11H7BrF3N5/c1-21(2)6-8-4-9(5-17)18-19-11(8)10-7-22(3)20-12(10)13(14,15)16;1-20-5-8(10(19-20)11(13,14)15)9-6(3-12)2-7(4-16)17-18-9/h4,7H,6H2,1-3H3;2,5H,3H2,1H3. The Bertz CT molecular complexity index is 1660. The lowest BCUT2D eigenvalue weighted by Crippen LogP contribution is -2.14. The molecule has 0 saturated heterocycles. The van der Waals surface area contributed by atoms with Crippen LogP contribution in [0.4, 0.5) is 26.3 Å². The molecule has 0 radical (unpaired) electrons. The smallest absolute Gasteiger partial charge is 0.305 e. The van der Waals surface area contributed by atoms with Gasteiger partial charge in [-0.15, -0.1) is 20.4 Å². The maximum atomic E-state index is 13.1. The normalized spacial score (nSPS) is 11.6. The first-order valence-corrected chi connectivity index (χ1v) is 12.7. The van der Waals surface area contributed by atoms with Gasteiger partial charge in [0.1, 0.15) is 23.5 Å². The molecule has 0 spiro atoms. The van der Waals surface area contributed by atoms with Crippen molar-refractivity contribution in [3.8, 4) is 34.7 Å². The van der Waals surface area contributed by atoms with Gasteiger partial charge in [-0.25, -0.2) is 0 Å². The van der Waals surface area contributed by atoms with Crippen LogP contribution < -0.4 is 0 Å². The number of alkyl halides is 7. The van der Waals surface area contributed by atoms with E-state index in [-0.39, 0.29) is 39.2 Å². The second-order valence-electron chi connectivity index (χ2n) is 8.93. The van der Waals surface area contributed by atoms with Crippen LogP contribution in [0.25, 0.3) is 22.5 Å². The second-order valence-corrected chi connectivity index (χ2v) is 9.49. The third kappa shape index (κ3) is 7.45. The quantitative estimate of drug-likeness (QED) is 0.225. The Morgan fingerprint density at radius 1 is 0.762 bits per heavy atom. The van der Waals surface area contributed by atoms with Gasteiger partial charge < -0.3 is 4.90 Å². The van der Waals surface area contributed by atoms with Crippen molar-refractivity contribution in [2.75, 3.05) is 14.1 Å². The zero-order chi connectivity index (χ0) is 31.4. The number of nitriles is 2. The number of rotatable bonds is 5. The number of aryl methyl sites for hydroxylation is 2. The molecule has 4 aromatic rings. The Morgan fingerprint density at radius 3 is 1.52 bits per heavy atom. The topological polar surface area (TPSA) is 138 Å². The molecule has 0 aromatic carbocycles. The van der Waals surface area contributed by atoms with Crippen molar-refractivity contribution in [2.24, 2.45) is 14.1 Å². The van der Waals surface area contributed by atoms with Gasteiger partial charge in [-0.05, 0) is 37.4 Å². The first-order chi connectivity index (χ1) is 19.6. The molecule has 18 heteroatoms. The zero-order valence-corrected chi connectivity index (χ0v) is 23.9. The summed E-state index contributed by atoms with van der Waals surface area (Å²) in [7, 11) is 6.33. The summed E-state index contributed by atoms with van der Waals surface area (Å²) in [6.45, 7) is 0.325. The van der Waals surface area contributed by atoms with Crippen LogP contribution in [0.5, 0.6) is 0 Å². The molecule has 11 nitrogen and oxygen atoms in total. The van der Waals surface area contributed by atoms with E-state index in [1.165, 1.54) is 38.6 Å². The number of halogens is 7. The third-order valence-electron chi connectivity index (χ3n) is 5.31. The molecule has 0 unspecified atom stereocenters. The van der Waals surface area contributed by atoms with Gasteiger partial charge in [0.2, 0.25) is 0 Å². The van der Waals surface area contributed by atoms with Crippen molar-refractivity contribution >= 4 is 15.9 Å². The summed E-state index contributed by atoms with van der Waals surface area (Å²) in [4.78, 5) is 1.77. The van der Waals surface area contributed by atoms with E-state index in [4.69, 9.17) is 10.5 Å². The first kappa shape index (κ1) is 32.1. The van der Waals surface area contributed by atoms with Gasteiger partial charge in [-0.1, -0.05) is 15.9 Å². The van der Waals surface area contributed by atoms with E-state index >= 15 is 0 Å². The first-order valence-electron chi connectivity index (χ1n) is 11.6. The van der Waals surface area contributed by atoms with E-state index < -0.39 is 23.7 Å². The van der Waals surface area contributed by atoms with Crippen LogP contribution in [-0.4, -0.2) is 59.0 Å². The van der Waals surface area contributed by atoms with Crippen LogP contribution in [0, 0.1) is 22.7 Å². The highest BCUT2D eigenvalue weighted by Gasteiger charge is 2.39. The molecule has 0 aliphatic rings. The minimum absolute atomic E-state index is 0.0423. The fraction of sp³-hybridized carbons (Fsp3) is 0.333. The van der Waals surface area contributed by atoms with Gasteiger partial charge in [-0.3, -0.25) is 9.36 Å². The highest BCUT2D eigenvalue weighted by Crippen LogP contribution is 2.37. The maximum Gasteiger partial charge on any atom is 0.435 e. The molecule has 0 aliphatic carbocycles. The fourth-order valence-electron chi connectivity index (χ4n) is 3.73. The minimum atomic E-state index is -4.60. The summed E-state index contributed by atoms with van der Waals surface area (Å²) in [5.41, 5.74) is -1.20. The van der Waals surface area contributed by atoms with Crippen molar-refractivity contribution in [3.63, 3.8) is 0 Å². The van der Waals surface area contributed by atoms with Gasteiger partial charge in [0.15, 0.2) is 22.8 Å². The molecule has 0 aliphatic heterocycles. The van der Waals surface area contributed by atoms with Gasteiger partial charge in [-0.2, -0.15) is 47.1 Å². The average Bonchev–Trinajstić information content (AvgIpc) is 3.51. The van der Waals surface area contributed by atoms with Gasteiger partial charge in [0.05, 0.1) is 11.1 Å². The molecule has 0 bridgehead atoms. The largest absolute Gasteiger partial charge is 0.435 e. The number of nitrogens with zero attached hydrogens (tertiary/aromatic N) is 11. The molecule has 0 N–H and O–H groups in total.